The first-order chi connectivity index (χ1) is 15.5. The molecule has 0 N–H and O–H groups in total. The van der Waals surface area contributed by atoms with E-state index in [1.54, 1.807) is 12.4 Å². The third-order valence-corrected chi connectivity index (χ3v) is 5.96. The fourth-order valence-corrected chi connectivity index (χ4v) is 4.51. The van der Waals surface area contributed by atoms with Crippen molar-refractivity contribution in [1.82, 2.24) is 39.0 Å². The summed E-state index contributed by atoms with van der Waals surface area (Å²) < 4.78 is 4.46. The van der Waals surface area contributed by atoms with Crippen molar-refractivity contribution in [3.63, 3.8) is 0 Å². The third kappa shape index (κ3) is 4.18. The second-order valence-electron chi connectivity index (χ2n) is 12.9. The topological polar surface area (TPSA) is 87.2 Å². The van der Waals surface area contributed by atoms with Crippen molar-refractivity contribution in [2.45, 2.75) is 104 Å². The molecular formula is C26H38N8. The third-order valence-electron chi connectivity index (χ3n) is 5.96. The Kier molecular flexibility index (Phi) is 5.38. The van der Waals surface area contributed by atoms with Crippen LogP contribution in [0, 0.1) is 0 Å². The van der Waals surface area contributed by atoms with E-state index < -0.39 is 0 Å². The summed E-state index contributed by atoms with van der Waals surface area (Å²) in [5.74, 6) is 2.73. The SMILES string of the molecule is CC(C)(C)c1nc2cnc(CC(C)(C)c3nc4nccnc4n3C(C)(C)C)nc2n1C(C)(C)C. The van der Waals surface area contributed by atoms with Crippen LogP contribution in [0.4, 0.5) is 0 Å². The smallest absolute Gasteiger partial charge is 0.197 e. The molecule has 0 aliphatic rings. The van der Waals surface area contributed by atoms with E-state index in [1.165, 1.54) is 0 Å². The van der Waals surface area contributed by atoms with Crippen LogP contribution < -0.4 is 0 Å². The highest BCUT2D eigenvalue weighted by Crippen LogP contribution is 2.34. The molecule has 4 rings (SSSR count). The lowest BCUT2D eigenvalue weighted by Crippen LogP contribution is -2.33. The van der Waals surface area contributed by atoms with Crippen molar-refractivity contribution >= 4 is 22.5 Å². The average molecular weight is 463 g/mol. The zero-order valence-corrected chi connectivity index (χ0v) is 22.5. The predicted molar refractivity (Wildman–Crippen MR) is 136 cm³/mol. The Hall–Kier alpha value is -2.90. The van der Waals surface area contributed by atoms with Crippen LogP contribution in [0.2, 0.25) is 0 Å². The van der Waals surface area contributed by atoms with Gasteiger partial charge in [0, 0.05) is 40.7 Å². The maximum atomic E-state index is 5.05. The van der Waals surface area contributed by atoms with Gasteiger partial charge in [-0.3, -0.25) is 0 Å². The van der Waals surface area contributed by atoms with Crippen LogP contribution in [-0.4, -0.2) is 39.0 Å². The Morgan fingerprint density at radius 1 is 0.647 bits per heavy atom. The number of hydrogen-bond acceptors (Lipinski definition) is 6. The highest BCUT2D eigenvalue weighted by atomic mass is 15.2. The lowest BCUT2D eigenvalue weighted by molar-refractivity contribution is 0.348. The maximum Gasteiger partial charge on any atom is 0.197 e. The highest BCUT2D eigenvalue weighted by molar-refractivity contribution is 5.71. The molecule has 182 valence electrons. The number of aromatic nitrogens is 8. The Morgan fingerprint density at radius 3 is 1.82 bits per heavy atom. The fourth-order valence-electron chi connectivity index (χ4n) is 4.51. The molecule has 0 saturated carbocycles. The first kappa shape index (κ1) is 24.2. The van der Waals surface area contributed by atoms with Crippen molar-refractivity contribution in [1.29, 1.82) is 0 Å². The molecule has 34 heavy (non-hydrogen) atoms. The fraction of sp³-hybridized carbons (Fsp3) is 0.615. The first-order valence-corrected chi connectivity index (χ1v) is 12.0. The van der Waals surface area contributed by atoms with Gasteiger partial charge in [0.1, 0.15) is 23.0 Å². The largest absolute Gasteiger partial charge is 0.307 e. The summed E-state index contributed by atoms with van der Waals surface area (Å²) in [6.45, 7) is 24.0. The molecule has 4 aromatic heterocycles. The Bertz CT molecular complexity index is 1350. The predicted octanol–water partition coefficient (Wildman–Crippen LogP) is 5.29. The molecule has 0 radical (unpaired) electrons. The summed E-state index contributed by atoms with van der Waals surface area (Å²) >= 11 is 0. The van der Waals surface area contributed by atoms with Crippen molar-refractivity contribution in [2.24, 2.45) is 0 Å². The molecule has 0 spiro atoms. The van der Waals surface area contributed by atoms with E-state index in [2.05, 4.69) is 95.3 Å². The molecule has 0 aliphatic heterocycles. The second kappa shape index (κ2) is 7.55. The number of imidazole rings is 2. The molecule has 0 aliphatic carbocycles. The van der Waals surface area contributed by atoms with Crippen molar-refractivity contribution in [3.8, 4) is 0 Å². The van der Waals surface area contributed by atoms with E-state index in [9.17, 15) is 0 Å². The number of rotatable bonds is 3. The lowest BCUT2D eigenvalue weighted by atomic mass is 9.87. The Morgan fingerprint density at radius 2 is 1.24 bits per heavy atom. The van der Waals surface area contributed by atoms with Gasteiger partial charge in [-0.25, -0.2) is 29.9 Å². The molecule has 4 aromatic rings. The van der Waals surface area contributed by atoms with E-state index in [0.29, 0.717) is 12.1 Å². The molecule has 4 heterocycles. The summed E-state index contributed by atoms with van der Waals surface area (Å²) in [7, 11) is 0. The van der Waals surface area contributed by atoms with Gasteiger partial charge in [-0.15, -0.1) is 0 Å². The van der Waals surface area contributed by atoms with Crippen LogP contribution in [0.3, 0.4) is 0 Å². The maximum absolute atomic E-state index is 5.05. The summed E-state index contributed by atoms with van der Waals surface area (Å²) in [5, 5.41) is 0. The molecule has 0 amide bonds. The number of nitrogens with zero attached hydrogens (tertiary/aromatic N) is 8. The molecule has 8 heteroatoms. The second-order valence-corrected chi connectivity index (χ2v) is 12.9. The van der Waals surface area contributed by atoms with Gasteiger partial charge in [0.05, 0.1) is 6.20 Å². The van der Waals surface area contributed by atoms with Gasteiger partial charge in [0.2, 0.25) is 0 Å². The van der Waals surface area contributed by atoms with Crippen LogP contribution in [0.25, 0.3) is 22.5 Å². The Balaban J connectivity index is 1.85. The van der Waals surface area contributed by atoms with E-state index in [1.807, 2.05) is 6.20 Å². The molecule has 8 nitrogen and oxygen atoms in total. The molecule has 0 fully saturated rings. The van der Waals surface area contributed by atoms with Gasteiger partial charge in [-0.05, 0) is 41.5 Å². The minimum absolute atomic E-state index is 0.106. The lowest BCUT2D eigenvalue weighted by Gasteiger charge is -2.31. The summed E-state index contributed by atoms with van der Waals surface area (Å²) in [5.41, 5.74) is 2.37. The molecule has 0 aromatic carbocycles. The van der Waals surface area contributed by atoms with E-state index in [0.717, 1.165) is 34.3 Å². The zero-order chi connectivity index (χ0) is 25.3. The normalized spacial score (nSPS) is 13.9. The van der Waals surface area contributed by atoms with E-state index in [4.69, 9.17) is 19.9 Å². The van der Waals surface area contributed by atoms with Gasteiger partial charge in [0.25, 0.3) is 0 Å². The van der Waals surface area contributed by atoms with Crippen LogP contribution in [-0.2, 0) is 28.3 Å². The first-order valence-electron chi connectivity index (χ1n) is 12.0. The van der Waals surface area contributed by atoms with Crippen LogP contribution in [0.15, 0.2) is 18.6 Å². The minimum atomic E-state index is -0.344. The van der Waals surface area contributed by atoms with Gasteiger partial charge < -0.3 is 9.13 Å². The molecule has 0 saturated heterocycles. The Labute approximate surface area is 202 Å². The summed E-state index contributed by atoms with van der Waals surface area (Å²) in [6.07, 6.45) is 5.90. The highest BCUT2D eigenvalue weighted by Gasteiger charge is 2.35. The zero-order valence-electron chi connectivity index (χ0n) is 22.5. The van der Waals surface area contributed by atoms with Crippen molar-refractivity contribution in [3.05, 3.63) is 36.1 Å². The summed E-state index contributed by atoms with van der Waals surface area (Å²) in [6, 6.07) is 0. The average Bonchev–Trinajstić information content (AvgIpc) is 3.26. The standard InChI is InChI=1S/C26H38N8/c1-23(2,3)21-30-16-15-29-17(31-19(16)33(21)24(4,5)6)14-26(10,11)22-32-18-20(28-13-12-27-18)34(22)25(7,8)9/h12-13,15H,14H2,1-11H3. The van der Waals surface area contributed by atoms with E-state index >= 15 is 0 Å². The number of hydrogen-bond donors (Lipinski definition) is 0. The minimum Gasteiger partial charge on any atom is -0.307 e. The van der Waals surface area contributed by atoms with Crippen molar-refractivity contribution < 1.29 is 0 Å². The summed E-state index contributed by atoms with van der Waals surface area (Å²) in [4.78, 5) is 28.7. The van der Waals surface area contributed by atoms with Crippen LogP contribution in [0.5, 0.6) is 0 Å². The van der Waals surface area contributed by atoms with E-state index in [-0.39, 0.29) is 21.9 Å². The van der Waals surface area contributed by atoms with Gasteiger partial charge >= 0.3 is 0 Å². The van der Waals surface area contributed by atoms with Gasteiger partial charge in [0.15, 0.2) is 16.9 Å². The molecule has 0 bridgehead atoms. The quantitative estimate of drug-likeness (QED) is 0.411. The van der Waals surface area contributed by atoms with Crippen LogP contribution in [0.1, 0.15) is 93.6 Å². The molecule has 0 unspecified atom stereocenters. The van der Waals surface area contributed by atoms with Crippen LogP contribution >= 0.6 is 0 Å². The molecular weight excluding hydrogens is 424 g/mol. The number of fused-ring (bicyclic) bond motifs is 2. The van der Waals surface area contributed by atoms with Gasteiger partial charge in [-0.2, -0.15) is 0 Å². The van der Waals surface area contributed by atoms with Crippen molar-refractivity contribution in [2.75, 3.05) is 0 Å². The monoisotopic (exact) mass is 462 g/mol. The molecule has 0 atom stereocenters. The van der Waals surface area contributed by atoms with Gasteiger partial charge in [-0.1, -0.05) is 34.6 Å².